The Morgan fingerprint density at radius 3 is 2.88 bits per heavy atom. The van der Waals surface area contributed by atoms with Gasteiger partial charge in [-0.3, -0.25) is 4.79 Å². The van der Waals surface area contributed by atoms with Gasteiger partial charge in [-0.15, -0.1) is 0 Å². The summed E-state index contributed by atoms with van der Waals surface area (Å²) in [5.41, 5.74) is 0.986. The Morgan fingerprint density at radius 1 is 1.32 bits per heavy atom. The Hall–Kier alpha value is -2.67. The molecule has 1 aliphatic rings. The highest BCUT2D eigenvalue weighted by Crippen LogP contribution is 2.17. The number of ether oxygens (including phenoxy) is 2. The van der Waals surface area contributed by atoms with Gasteiger partial charge in [0.25, 0.3) is 5.91 Å². The standard InChI is InChI=1S/C18H22N4O3/c1-2-24-14-7-5-13(6-8-14)22-18(23)16-10-17(21-12-20-16)19-11-15-4-3-9-25-15/h5-8,10,12,15H,2-4,9,11H2,1H3,(H,22,23)(H,19,20,21). The molecule has 0 radical (unpaired) electrons. The lowest BCUT2D eigenvalue weighted by atomic mass is 10.2. The molecule has 1 fully saturated rings. The number of hydrogen-bond acceptors (Lipinski definition) is 6. The summed E-state index contributed by atoms with van der Waals surface area (Å²) in [6.07, 6.45) is 3.72. The molecule has 7 nitrogen and oxygen atoms in total. The molecule has 25 heavy (non-hydrogen) atoms. The van der Waals surface area contributed by atoms with E-state index in [2.05, 4.69) is 20.6 Å². The van der Waals surface area contributed by atoms with Gasteiger partial charge >= 0.3 is 0 Å². The Bertz CT molecular complexity index is 700. The number of carbonyl (C=O) groups is 1. The summed E-state index contributed by atoms with van der Waals surface area (Å²) < 4.78 is 10.9. The molecule has 0 saturated carbocycles. The van der Waals surface area contributed by atoms with Crippen LogP contribution in [0.15, 0.2) is 36.7 Å². The molecule has 1 aliphatic heterocycles. The zero-order valence-corrected chi connectivity index (χ0v) is 14.2. The molecule has 2 heterocycles. The highest BCUT2D eigenvalue weighted by Gasteiger charge is 2.15. The third kappa shape index (κ3) is 4.90. The monoisotopic (exact) mass is 342 g/mol. The molecule has 132 valence electrons. The minimum Gasteiger partial charge on any atom is -0.494 e. The minimum atomic E-state index is -0.285. The van der Waals surface area contributed by atoms with E-state index < -0.39 is 0 Å². The van der Waals surface area contributed by atoms with Crippen molar-refractivity contribution >= 4 is 17.4 Å². The fourth-order valence-corrected chi connectivity index (χ4v) is 2.60. The van der Waals surface area contributed by atoms with Gasteiger partial charge in [-0.05, 0) is 44.0 Å². The van der Waals surface area contributed by atoms with E-state index in [1.807, 2.05) is 19.1 Å². The number of nitrogens with zero attached hydrogens (tertiary/aromatic N) is 2. The maximum absolute atomic E-state index is 12.4. The topological polar surface area (TPSA) is 85.4 Å². The number of benzene rings is 1. The Labute approximate surface area is 146 Å². The Kier molecular flexibility index (Phi) is 5.79. The van der Waals surface area contributed by atoms with Gasteiger partial charge < -0.3 is 20.1 Å². The number of rotatable bonds is 7. The molecule has 0 spiro atoms. The second-order valence-electron chi connectivity index (χ2n) is 5.72. The molecule has 1 amide bonds. The van der Waals surface area contributed by atoms with Crippen molar-refractivity contribution in [3.05, 3.63) is 42.4 Å². The second kappa shape index (κ2) is 8.43. The SMILES string of the molecule is CCOc1ccc(NC(=O)c2cc(NCC3CCCO3)ncn2)cc1. The average molecular weight is 342 g/mol. The van der Waals surface area contributed by atoms with Crippen LogP contribution in [0.1, 0.15) is 30.3 Å². The predicted octanol–water partition coefficient (Wildman–Crippen LogP) is 2.72. The van der Waals surface area contributed by atoms with Gasteiger partial charge in [0.2, 0.25) is 0 Å². The number of amides is 1. The highest BCUT2D eigenvalue weighted by atomic mass is 16.5. The summed E-state index contributed by atoms with van der Waals surface area (Å²) >= 11 is 0. The summed E-state index contributed by atoms with van der Waals surface area (Å²) in [7, 11) is 0. The van der Waals surface area contributed by atoms with Crippen molar-refractivity contribution in [3.8, 4) is 5.75 Å². The maximum Gasteiger partial charge on any atom is 0.274 e. The molecule has 3 rings (SSSR count). The summed E-state index contributed by atoms with van der Waals surface area (Å²) in [4.78, 5) is 20.5. The maximum atomic E-state index is 12.4. The van der Waals surface area contributed by atoms with Gasteiger partial charge in [-0.2, -0.15) is 0 Å². The van der Waals surface area contributed by atoms with Crippen LogP contribution in [0.25, 0.3) is 0 Å². The van der Waals surface area contributed by atoms with E-state index in [-0.39, 0.29) is 12.0 Å². The molecule has 0 bridgehead atoms. The van der Waals surface area contributed by atoms with Crippen molar-refractivity contribution in [1.82, 2.24) is 9.97 Å². The molecule has 1 saturated heterocycles. The highest BCUT2D eigenvalue weighted by molar-refractivity contribution is 6.03. The minimum absolute atomic E-state index is 0.205. The molecule has 7 heteroatoms. The third-order valence-corrected chi connectivity index (χ3v) is 3.86. The van der Waals surface area contributed by atoms with E-state index in [0.29, 0.717) is 30.4 Å². The Balaban J connectivity index is 1.58. The van der Waals surface area contributed by atoms with Crippen molar-refractivity contribution in [2.45, 2.75) is 25.9 Å². The fourth-order valence-electron chi connectivity index (χ4n) is 2.60. The molecule has 1 unspecified atom stereocenters. The number of hydrogen-bond donors (Lipinski definition) is 2. The van der Waals surface area contributed by atoms with Crippen LogP contribution in [0.3, 0.4) is 0 Å². The van der Waals surface area contributed by atoms with Crippen LogP contribution in [-0.4, -0.2) is 41.7 Å². The second-order valence-corrected chi connectivity index (χ2v) is 5.72. The molecular weight excluding hydrogens is 320 g/mol. The molecule has 1 aromatic carbocycles. The molecule has 2 aromatic rings. The first kappa shape index (κ1) is 17.2. The average Bonchev–Trinajstić information content (AvgIpc) is 3.16. The summed E-state index contributed by atoms with van der Waals surface area (Å²) in [5.74, 6) is 1.09. The van der Waals surface area contributed by atoms with E-state index in [1.165, 1.54) is 6.33 Å². The van der Waals surface area contributed by atoms with Crippen molar-refractivity contribution in [2.75, 3.05) is 30.4 Å². The van der Waals surface area contributed by atoms with Crippen LogP contribution >= 0.6 is 0 Å². The largest absolute Gasteiger partial charge is 0.494 e. The first-order valence-electron chi connectivity index (χ1n) is 8.46. The van der Waals surface area contributed by atoms with Crippen molar-refractivity contribution in [2.24, 2.45) is 0 Å². The van der Waals surface area contributed by atoms with Crippen LogP contribution in [-0.2, 0) is 4.74 Å². The first-order chi connectivity index (χ1) is 12.2. The molecule has 0 aliphatic carbocycles. The quantitative estimate of drug-likeness (QED) is 0.805. The number of nitrogens with one attached hydrogen (secondary N) is 2. The molecular formula is C18H22N4O3. The summed E-state index contributed by atoms with van der Waals surface area (Å²) in [6, 6.07) is 8.85. The van der Waals surface area contributed by atoms with Crippen molar-refractivity contribution in [1.29, 1.82) is 0 Å². The van der Waals surface area contributed by atoms with Gasteiger partial charge in [0, 0.05) is 24.9 Å². The van der Waals surface area contributed by atoms with Crippen LogP contribution in [0.4, 0.5) is 11.5 Å². The van der Waals surface area contributed by atoms with E-state index in [1.54, 1.807) is 18.2 Å². The third-order valence-electron chi connectivity index (χ3n) is 3.86. The molecule has 2 N–H and O–H groups in total. The number of carbonyl (C=O) groups excluding carboxylic acids is 1. The number of anilines is 2. The molecule has 1 atom stereocenters. The lowest BCUT2D eigenvalue weighted by molar-refractivity contribution is 0.102. The van der Waals surface area contributed by atoms with Crippen LogP contribution in [0, 0.1) is 0 Å². The van der Waals surface area contributed by atoms with Crippen molar-refractivity contribution in [3.63, 3.8) is 0 Å². The number of aromatic nitrogens is 2. The lowest BCUT2D eigenvalue weighted by Crippen LogP contribution is -2.20. The normalized spacial score (nSPS) is 16.4. The summed E-state index contributed by atoms with van der Waals surface area (Å²) in [6.45, 7) is 4.02. The van der Waals surface area contributed by atoms with Gasteiger partial charge in [0.05, 0.1) is 12.7 Å². The first-order valence-corrected chi connectivity index (χ1v) is 8.46. The zero-order chi connectivity index (χ0) is 17.5. The van der Waals surface area contributed by atoms with Crippen LogP contribution < -0.4 is 15.4 Å². The Morgan fingerprint density at radius 2 is 2.16 bits per heavy atom. The predicted molar refractivity (Wildman–Crippen MR) is 95.1 cm³/mol. The van der Waals surface area contributed by atoms with E-state index in [9.17, 15) is 4.79 Å². The van der Waals surface area contributed by atoms with Crippen LogP contribution in [0.5, 0.6) is 5.75 Å². The van der Waals surface area contributed by atoms with E-state index >= 15 is 0 Å². The summed E-state index contributed by atoms with van der Waals surface area (Å²) in [5, 5.41) is 6.01. The smallest absolute Gasteiger partial charge is 0.274 e. The van der Waals surface area contributed by atoms with E-state index in [4.69, 9.17) is 9.47 Å². The van der Waals surface area contributed by atoms with Crippen LogP contribution in [0.2, 0.25) is 0 Å². The van der Waals surface area contributed by atoms with Gasteiger partial charge in [-0.25, -0.2) is 9.97 Å². The zero-order valence-electron chi connectivity index (χ0n) is 14.2. The van der Waals surface area contributed by atoms with Gasteiger partial charge in [0.1, 0.15) is 23.6 Å². The van der Waals surface area contributed by atoms with Gasteiger partial charge in [-0.1, -0.05) is 0 Å². The lowest BCUT2D eigenvalue weighted by Gasteiger charge is -2.11. The van der Waals surface area contributed by atoms with Gasteiger partial charge in [0.15, 0.2) is 0 Å². The van der Waals surface area contributed by atoms with Crippen molar-refractivity contribution < 1.29 is 14.3 Å². The fraction of sp³-hybridized carbons (Fsp3) is 0.389. The van der Waals surface area contributed by atoms with E-state index in [0.717, 1.165) is 25.2 Å². The molecule has 1 aromatic heterocycles.